The fraction of sp³-hybridized carbons (Fsp3) is 0.867. The SMILES string of the molecule is CC1C(=O)NC(C)(C)C(=O)N1CCOC1CCCCC1. The van der Waals surface area contributed by atoms with Crippen molar-refractivity contribution in [1.29, 1.82) is 0 Å². The number of rotatable bonds is 4. The van der Waals surface area contributed by atoms with Gasteiger partial charge in [-0.1, -0.05) is 19.3 Å². The molecule has 1 saturated carbocycles. The molecule has 2 amide bonds. The molecule has 1 atom stereocenters. The molecule has 0 aromatic heterocycles. The molecule has 2 fully saturated rings. The number of carbonyl (C=O) groups is 2. The summed E-state index contributed by atoms with van der Waals surface area (Å²) in [5.41, 5.74) is -0.811. The van der Waals surface area contributed by atoms with E-state index in [1.54, 1.807) is 25.7 Å². The van der Waals surface area contributed by atoms with Crippen molar-refractivity contribution in [2.75, 3.05) is 13.2 Å². The number of hydrogen-bond donors (Lipinski definition) is 1. The number of ether oxygens (including phenoxy) is 1. The lowest BCUT2D eigenvalue weighted by atomic mass is 9.97. The molecule has 2 aliphatic rings. The standard InChI is InChI=1S/C15H26N2O3/c1-11-13(18)16-15(2,3)14(19)17(11)9-10-20-12-7-5-4-6-8-12/h11-12H,4-10H2,1-3H3,(H,16,18). The molecule has 114 valence electrons. The van der Waals surface area contributed by atoms with Crippen LogP contribution >= 0.6 is 0 Å². The highest BCUT2D eigenvalue weighted by Gasteiger charge is 2.43. The summed E-state index contributed by atoms with van der Waals surface area (Å²) in [7, 11) is 0. The van der Waals surface area contributed by atoms with Gasteiger partial charge in [-0.15, -0.1) is 0 Å². The predicted octanol–water partition coefficient (Wildman–Crippen LogP) is 1.46. The normalized spacial score (nSPS) is 27.6. The van der Waals surface area contributed by atoms with Gasteiger partial charge in [0.2, 0.25) is 11.8 Å². The Balaban J connectivity index is 1.86. The maximum atomic E-state index is 12.3. The van der Waals surface area contributed by atoms with Crippen molar-refractivity contribution >= 4 is 11.8 Å². The first-order chi connectivity index (χ1) is 9.42. The largest absolute Gasteiger partial charge is 0.376 e. The number of hydrogen-bond acceptors (Lipinski definition) is 3. The van der Waals surface area contributed by atoms with Crippen LogP contribution in [0.25, 0.3) is 0 Å². The van der Waals surface area contributed by atoms with Gasteiger partial charge in [0.05, 0.1) is 12.7 Å². The van der Waals surface area contributed by atoms with Crippen molar-refractivity contribution in [3.8, 4) is 0 Å². The van der Waals surface area contributed by atoms with Gasteiger partial charge in [-0.25, -0.2) is 0 Å². The van der Waals surface area contributed by atoms with Gasteiger partial charge < -0.3 is 15.0 Å². The van der Waals surface area contributed by atoms with Crippen LogP contribution in [0.15, 0.2) is 0 Å². The van der Waals surface area contributed by atoms with E-state index in [1.165, 1.54) is 19.3 Å². The molecule has 5 heteroatoms. The summed E-state index contributed by atoms with van der Waals surface area (Å²) in [5, 5.41) is 2.75. The molecular weight excluding hydrogens is 256 g/mol. The van der Waals surface area contributed by atoms with Gasteiger partial charge in [0.1, 0.15) is 11.6 Å². The Hall–Kier alpha value is -1.10. The third kappa shape index (κ3) is 3.32. The van der Waals surface area contributed by atoms with E-state index < -0.39 is 11.6 Å². The Labute approximate surface area is 121 Å². The van der Waals surface area contributed by atoms with Crippen LogP contribution in [0.4, 0.5) is 0 Å². The monoisotopic (exact) mass is 282 g/mol. The maximum absolute atomic E-state index is 12.3. The molecule has 1 unspecified atom stereocenters. The summed E-state index contributed by atoms with van der Waals surface area (Å²) in [6.45, 7) is 6.27. The molecule has 0 bridgehead atoms. The lowest BCUT2D eigenvalue weighted by Gasteiger charge is -2.41. The minimum atomic E-state index is -0.811. The van der Waals surface area contributed by atoms with Crippen molar-refractivity contribution in [2.24, 2.45) is 0 Å². The third-order valence-electron chi connectivity index (χ3n) is 4.32. The van der Waals surface area contributed by atoms with Gasteiger partial charge in [-0.2, -0.15) is 0 Å². The molecular formula is C15H26N2O3. The van der Waals surface area contributed by atoms with Crippen LogP contribution in [0.5, 0.6) is 0 Å². The molecule has 20 heavy (non-hydrogen) atoms. The Bertz CT molecular complexity index is 375. The second kappa shape index (κ2) is 6.12. The van der Waals surface area contributed by atoms with Gasteiger partial charge in [0, 0.05) is 6.54 Å². The summed E-state index contributed by atoms with van der Waals surface area (Å²) < 4.78 is 5.86. The summed E-state index contributed by atoms with van der Waals surface area (Å²) >= 11 is 0. The van der Waals surface area contributed by atoms with Crippen LogP contribution < -0.4 is 5.32 Å². The molecule has 1 aliphatic carbocycles. The minimum absolute atomic E-state index is 0.0307. The highest BCUT2D eigenvalue weighted by Crippen LogP contribution is 2.21. The lowest BCUT2D eigenvalue weighted by Crippen LogP contribution is -2.67. The van der Waals surface area contributed by atoms with E-state index in [2.05, 4.69) is 5.32 Å². The minimum Gasteiger partial charge on any atom is -0.376 e. The molecule has 1 saturated heterocycles. The average Bonchev–Trinajstić information content (AvgIpc) is 2.41. The molecule has 2 rings (SSSR count). The number of piperazine rings is 1. The Kier molecular flexibility index (Phi) is 4.68. The molecule has 5 nitrogen and oxygen atoms in total. The summed E-state index contributed by atoms with van der Waals surface area (Å²) in [6.07, 6.45) is 6.35. The highest BCUT2D eigenvalue weighted by molar-refractivity contribution is 5.99. The van der Waals surface area contributed by atoms with Crippen molar-refractivity contribution in [3.63, 3.8) is 0 Å². The van der Waals surface area contributed by atoms with Gasteiger partial charge >= 0.3 is 0 Å². The van der Waals surface area contributed by atoms with Gasteiger partial charge in [-0.05, 0) is 33.6 Å². The Morgan fingerprint density at radius 2 is 1.90 bits per heavy atom. The highest BCUT2D eigenvalue weighted by atomic mass is 16.5. The van der Waals surface area contributed by atoms with E-state index in [1.807, 2.05) is 0 Å². The molecule has 1 heterocycles. The number of carbonyl (C=O) groups excluding carboxylic acids is 2. The van der Waals surface area contributed by atoms with Gasteiger partial charge in [0.25, 0.3) is 0 Å². The topological polar surface area (TPSA) is 58.6 Å². The molecule has 0 spiro atoms. The zero-order chi connectivity index (χ0) is 14.8. The van der Waals surface area contributed by atoms with E-state index >= 15 is 0 Å². The first-order valence-electron chi connectivity index (χ1n) is 7.66. The van der Waals surface area contributed by atoms with Crippen LogP contribution in [0.2, 0.25) is 0 Å². The van der Waals surface area contributed by atoms with Crippen LogP contribution in [-0.2, 0) is 14.3 Å². The quantitative estimate of drug-likeness (QED) is 0.849. The van der Waals surface area contributed by atoms with Crippen molar-refractivity contribution in [3.05, 3.63) is 0 Å². The zero-order valence-electron chi connectivity index (χ0n) is 12.8. The van der Waals surface area contributed by atoms with Crippen LogP contribution in [0.3, 0.4) is 0 Å². The van der Waals surface area contributed by atoms with Crippen LogP contribution in [-0.4, -0.2) is 47.6 Å². The van der Waals surface area contributed by atoms with E-state index in [0.717, 1.165) is 12.8 Å². The van der Waals surface area contributed by atoms with Crippen molar-refractivity contribution in [1.82, 2.24) is 10.2 Å². The van der Waals surface area contributed by atoms with E-state index in [4.69, 9.17) is 4.74 Å². The maximum Gasteiger partial charge on any atom is 0.248 e. The van der Waals surface area contributed by atoms with E-state index in [-0.39, 0.29) is 11.8 Å². The number of nitrogens with zero attached hydrogens (tertiary/aromatic N) is 1. The third-order valence-corrected chi connectivity index (χ3v) is 4.32. The van der Waals surface area contributed by atoms with Gasteiger partial charge in [0.15, 0.2) is 0 Å². The smallest absolute Gasteiger partial charge is 0.248 e. The molecule has 0 radical (unpaired) electrons. The predicted molar refractivity (Wildman–Crippen MR) is 76.2 cm³/mol. The second-order valence-corrected chi connectivity index (χ2v) is 6.42. The molecule has 1 N–H and O–H groups in total. The summed E-state index contributed by atoms with van der Waals surface area (Å²) in [6, 6.07) is -0.412. The summed E-state index contributed by atoms with van der Waals surface area (Å²) in [4.78, 5) is 25.9. The zero-order valence-corrected chi connectivity index (χ0v) is 12.8. The Morgan fingerprint density at radius 3 is 2.55 bits per heavy atom. The van der Waals surface area contributed by atoms with Crippen molar-refractivity contribution < 1.29 is 14.3 Å². The van der Waals surface area contributed by atoms with Crippen LogP contribution in [0, 0.1) is 0 Å². The average molecular weight is 282 g/mol. The van der Waals surface area contributed by atoms with Crippen molar-refractivity contribution in [2.45, 2.75) is 70.6 Å². The first-order valence-corrected chi connectivity index (χ1v) is 7.66. The second-order valence-electron chi connectivity index (χ2n) is 6.42. The molecule has 1 aliphatic heterocycles. The summed E-state index contributed by atoms with van der Waals surface area (Å²) in [5.74, 6) is -0.121. The fourth-order valence-corrected chi connectivity index (χ4v) is 2.99. The van der Waals surface area contributed by atoms with Gasteiger partial charge in [-0.3, -0.25) is 9.59 Å². The lowest BCUT2D eigenvalue weighted by molar-refractivity contribution is -0.153. The molecule has 0 aromatic carbocycles. The first kappa shape index (κ1) is 15.3. The number of amides is 2. The molecule has 0 aromatic rings. The fourth-order valence-electron chi connectivity index (χ4n) is 2.99. The van der Waals surface area contributed by atoms with E-state index in [9.17, 15) is 9.59 Å². The number of nitrogens with one attached hydrogen (secondary N) is 1. The Morgan fingerprint density at radius 1 is 1.25 bits per heavy atom. The van der Waals surface area contributed by atoms with E-state index in [0.29, 0.717) is 19.3 Å². The van der Waals surface area contributed by atoms with Crippen LogP contribution in [0.1, 0.15) is 52.9 Å².